The van der Waals surface area contributed by atoms with Crippen LogP contribution in [-0.4, -0.2) is 50.7 Å². The van der Waals surface area contributed by atoms with Gasteiger partial charge in [-0.25, -0.2) is 0 Å². The number of benzene rings is 2. The normalized spacial score (nSPS) is 27.7. The van der Waals surface area contributed by atoms with Crippen LogP contribution < -0.4 is 11.5 Å². The van der Waals surface area contributed by atoms with Gasteiger partial charge in [0, 0.05) is 0 Å². The van der Waals surface area contributed by atoms with Gasteiger partial charge in [0.2, 0.25) is 0 Å². The molecular formula is C24H32N2O4. The van der Waals surface area contributed by atoms with E-state index in [-0.39, 0.29) is 36.6 Å². The zero-order chi connectivity index (χ0) is 20.8. The van der Waals surface area contributed by atoms with E-state index in [0.29, 0.717) is 26.3 Å². The molecule has 0 aromatic heterocycles. The maximum absolute atomic E-state index is 6.43. The third kappa shape index (κ3) is 4.91. The minimum Gasteiger partial charge on any atom is -0.370 e. The van der Waals surface area contributed by atoms with Gasteiger partial charge in [-0.15, -0.1) is 0 Å². The van der Waals surface area contributed by atoms with E-state index in [1.807, 2.05) is 36.4 Å². The highest BCUT2D eigenvalue weighted by Crippen LogP contribution is 2.36. The van der Waals surface area contributed by atoms with Crippen molar-refractivity contribution >= 4 is 0 Å². The monoisotopic (exact) mass is 412 g/mol. The van der Waals surface area contributed by atoms with E-state index < -0.39 is 0 Å². The van der Waals surface area contributed by atoms with Crippen LogP contribution in [0.5, 0.6) is 0 Å². The predicted molar refractivity (Wildman–Crippen MR) is 115 cm³/mol. The fourth-order valence-electron chi connectivity index (χ4n) is 4.35. The topological polar surface area (TPSA) is 89.0 Å². The molecule has 0 saturated carbocycles. The van der Waals surface area contributed by atoms with E-state index in [2.05, 4.69) is 24.3 Å². The smallest absolute Gasteiger partial charge is 0.115 e. The summed E-state index contributed by atoms with van der Waals surface area (Å²) >= 11 is 0. The molecule has 2 aliphatic rings. The minimum atomic E-state index is -0.134. The maximum atomic E-state index is 6.43. The molecule has 0 bridgehead atoms. The van der Waals surface area contributed by atoms with Crippen molar-refractivity contribution in [1.29, 1.82) is 0 Å². The Kier molecular flexibility index (Phi) is 7.49. The molecule has 0 aliphatic carbocycles. The van der Waals surface area contributed by atoms with E-state index >= 15 is 0 Å². The largest absolute Gasteiger partial charge is 0.370 e. The van der Waals surface area contributed by atoms with Crippen LogP contribution >= 0.6 is 0 Å². The predicted octanol–water partition coefficient (Wildman–Crippen LogP) is 2.73. The average Bonchev–Trinajstić information content (AvgIpc) is 3.37. The number of rotatable bonds is 10. The van der Waals surface area contributed by atoms with Crippen LogP contribution in [-0.2, 0) is 18.9 Å². The van der Waals surface area contributed by atoms with Gasteiger partial charge >= 0.3 is 0 Å². The second-order valence-corrected chi connectivity index (χ2v) is 7.90. The van der Waals surface area contributed by atoms with Crippen molar-refractivity contribution in [2.24, 2.45) is 11.5 Å². The molecule has 2 fully saturated rings. The summed E-state index contributed by atoms with van der Waals surface area (Å²) in [5.41, 5.74) is 13.9. The third-order valence-electron chi connectivity index (χ3n) is 5.84. The van der Waals surface area contributed by atoms with Crippen LogP contribution in [0.1, 0.15) is 36.2 Å². The second kappa shape index (κ2) is 10.5. The van der Waals surface area contributed by atoms with Gasteiger partial charge in [0.1, 0.15) is 24.4 Å². The summed E-state index contributed by atoms with van der Waals surface area (Å²) in [6, 6.07) is 20.4. The van der Waals surface area contributed by atoms with Gasteiger partial charge in [-0.05, 0) is 37.1 Å². The molecule has 0 radical (unpaired) electrons. The fraction of sp³-hybridized carbons (Fsp3) is 0.500. The van der Waals surface area contributed by atoms with E-state index in [1.54, 1.807) is 0 Å². The first-order valence-corrected chi connectivity index (χ1v) is 10.8. The lowest BCUT2D eigenvalue weighted by Gasteiger charge is -2.25. The summed E-state index contributed by atoms with van der Waals surface area (Å²) in [5, 5.41) is 0. The molecule has 4 N–H and O–H groups in total. The molecule has 4 rings (SSSR count). The molecular weight excluding hydrogens is 380 g/mol. The number of hydrogen-bond acceptors (Lipinski definition) is 6. The fourth-order valence-corrected chi connectivity index (χ4v) is 4.35. The minimum absolute atomic E-state index is 0.0681. The summed E-state index contributed by atoms with van der Waals surface area (Å²) < 4.78 is 25.1. The molecule has 162 valence electrons. The number of ether oxygens (including phenoxy) is 4. The molecule has 6 nitrogen and oxygen atoms in total. The molecule has 2 aliphatic heterocycles. The molecule has 30 heavy (non-hydrogen) atoms. The highest BCUT2D eigenvalue weighted by atomic mass is 16.6. The summed E-state index contributed by atoms with van der Waals surface area (Å²) in [4.78, 5) is 0. The molecule has 2 saturated heterocycles. The van der Waals surface area contributed by atoms with E-state index in [0.717, 1.165) is 24.0 Å². The van der Waals surface area contributed by atoms with Crippen LogP contribution in [0.4, 0.5) is 0 Å². The lowest BCUT2D eigenvalue weighted by Crippen LogP contribution is -2.35. The Morgan fingerprint density at radius 1 is 0.700 bits per heavy atom. The Labute approximate surface area is 178 Å². The molecule has 2 aromatic carbocycles. The first-order valence-electron chi connectivity index (χ1n) is 10.8. The number of fused-ring (bicyclic) bond motifs is 1. The second-order valence-electron chi connectivity index (χ2n) is 7.90. The summed E-state index contributed by atoms with van der Waals surface area (Å²) in [5.74, 6) is 0. The van der Waals surface area contributed by atoms with Crippen molar-refractivity contribution in [2.45, 2.75) is 49.5 Å². The zero-order valence-electron chi connectivity index (χ0n) is 17.3. The molecule has 2 heterocycles. The molecule has 0 amide bonds. The average molecular weight is 413 g/mol. The van der Waals surface area contributed by atoms with Crippen molar-refractivity contribution in [3.05, 3.63) is 71.8 Å². The van der Waals surface area contributed by atoms with Gasteiger partial charge in [0.15, 0.2) is 0 Å². The Balaban J connectivity index is 1.40. The Morgan fingerprint density at radius 3 is 1.47 bits per heavy atom. The lowest BCUT2D eigenvalue weighted by molar-refractivity contribution is -0.0898. The SMILES string of the molecule is NCCC(O[C@H]1COC2C1OC[C@H]2OC(CCN)c1ccccc1)c1ccccc1. The van der Waals surface area contributed by atoms with Gasteiger partial charge in [-0.2, -0.15) is 0 Å². The maximum Gasteiger partial charge on any atom is 0.115 e. The van der Waals surface area contributed by atoms with Crippen molar-refractivity contribution < 1.29 is 18.9 Å². The zero-order valence-corrected chi connectivity index (χ0v) is 17.3. The quantitative estimate of drug-likeness (QED) is 0.624. The van der Waals surface area contributed by atoms with Crippen LogP contribution in [0, 0.1) is 0 Å². The first kappa shape index (κ1) is 21.4. The van der Waals surface area contributed by atoms with Crippen molar-refractivity contribution in [3.8, 4) is 0 Å². The molecule has 0 spiro atoms. The lowest BCUT2D eigenvalue weighted by atomic mass is 10.0. The van der Waals surface area contributed by atoms with Crippen LogP contribution in [0.15, 0.2) is 60.7 Å². The molecule has 6 heteroatoms. The Bertz CT molecular complexity index is 695. The Hall–Kier alpha value is -1.80. The summed E-state index contributed by atoms with van der Waals surface area (Å²) in [6.45, 7) is 2.11. The van der Waals surface area contributed by atoms with Crippen LogP contribution in [0.2, 0.25) is 0 Å². The number of nitrogens with two attached hydrogens (primary N) is 2. The van der Waals surface area contributed by atoms with Crippen molar-refractivity contribution in [3.63, 3.8) is 0 Å². The number of hydrogen-bond donors (Lipinski definition) is 2. The van der Waals surface area contributed by atoms with E-state index in [1.165, 1.54) is 0 Å². The van der Waals surface area contributed by atoms with Crippen LogP contribution in [0.3, 0.4) is 0 Å². The van der Waals surface area contributed by atoms with E-state index in [4.69, 9.17) is 30.4 Å². The van der Waals surface area contributed by atoms with Crippen molar-refractivity contribution in [1.82, 2.24) is 0 Å². The molecule has 4 unspecified atom stereocenters. The molecule has 6 atom stereocenters. The van der Waals surface area contributed by atoms with E-state index in [9.17, 15) is 0 Å². The van der Waals surface area contributed by atoms with Gasteiger partial charge < -0.3 is 30.4 Å². The highest BCUT2D eigenvalue weighted by Gasteiger charge is 2.50. The van der Waals surface area contributed by atoms with Gasteiger partial charge in [0.05, 0.1) is 25.4 Å². The third-order valence-corrected chi connectivity index (χ3v) is 5.84. The van der Waals surface area contributed by atoms with Gasteiger partial charge in [-0.1, -0.05) is 60.7 Å². The summed E-state index contributed by atoms with van der Waals surface area (Å²) in [6.07, 6.45) is 0.842. The van der Waals surface area contributed by atoms with Crippen LogP contribution in [0.25, 0.3) is 0 Å². The van der Waals surface area contributed by atoms with Crippen molar-refractivity contribution in [2.75, 3.05) is 26.3 Å². The van der Waals surface area contributed by atoms with Gasteiger partial charge in [0.25, 0.3) is 0 Å². The standard InChI is InChI=1S/C24H32N2O4/c25-13-11-19(17-7-3-1-4-8-17)29-21-15-27-24-22(16-28-23(21)24)30-20(12-14-26)18-9-5-2-6-10-18/h1-10,19-24H,11-16,25-26H2/t19?,20?,21-,22+,23?,24?. The first-order chi connectivity index (χ1) is 14.8. The summed E-state index contributed by atoms with van der Waals surface area (Å²) in [7, 11) is 0. The van der Waals surface area contributed by atoms with Gasteiger partial charge in [-0.3, -0.25) is 0 Å². The molecule has 2 aromatic rings. The highest BCUT2D eigenvalue weighted by molar-refractivity contribution is 5.19. The Morgan fingerprint density at radius 2 is 1.10 bits per heavy atom.